The Labute approximate surface area is 184 Å². The lowest BCUT2D eigenvalue weighted by Gasteiger charge is -2.09. The van der Waals surface area contributed by atoms with Crippen LogP contribution in [0.25, 0.3) is 10.9 Å². The molecule has 0 saturated carbocycles. The normalized spacial score (nSPS) is 11.5. The average molecular weight is 462 g/mol. The maximum Gasteiger partial charge on any atom is 0.416 e. The second-order valence-electron chi connectivity index (χ2n) is 6.62. The molecule has 0 aliphatic carbocycles. The number of hydrogen-bond acceptors (Lipinski definition) is 2. The summed E-state index contributed by atoms with van der Waals surface area (Å²) in [6.07, 6.45) is -2.67. The van der Waals surface area contributed by atoms with E-state index in [1.54, 1.807) is 42.6 Å². The van der Waals surface area contributed by atoms with E-state index in [0.717, 1.165) is 27.9 Å². The Kier molecular flexibility index (Phi) is 5.84. The van der Waals surface area contributed by atoms with Crippen molar-refractivity contribution in [2.75, 3.05) is 10.6 Å². The Hall–Kier alpha value is -3.10. The summed E-state index contributed by atoms with van der Waals surface area (Å²) in [4.78, 5) is 16.9. The number of anilines is 2. The van der Waals surface area contributed by atoms with Crippen LogP contribution in [0.1, 0.15) is 5.56 Å². The van der Waals surface area contributed by atoms with E-state index < -0.39 is 17.8 Å². The number of nitrogens with one attached hydrogen (secondary N) is 3. The first-order chi connectivity index (χ1) is 14.8. The van der Waals surface area contributed by atoms with Crippen LogP contribution in [0, 0.1) is 0 Å². The third-order valence-corrected chi connectivity index (χ3v) is 5.67. The summed E-state index contributed by atoms with van der Waals surface area (Å²) < 4.78 is 38.0. The second-order valence-corrected chi connectivity index (χ2v) is 8.20. The molecule has 0 spiro atoms. The average Bonchev–Trinajstić information content (AvgIpc) is 3.11. The summed E-state index contributed by atoms with van der Waals surface area (Å²) in [6.45, 7) is 0. The van der Waals surface area contributed by atoms with E-state index in [1.807, 2.05) is 6.07 Å². The van der Waals surface area contributed by atoms with Crippen molar-refractivity contribution in [2.45, 2.75) is 16.0 Å². The smallest absolute Gasteiger partial charge is 0.359 e. The third kappa shape index (κ3) is 5.15. The molecule has 31 heavy (non-hydrogen) atoms. The largest absolute Gasteiger partial charge is 0.416 e. The van der Waals surface area contributed by atoms with E-state index in [-0.39, 0.29) is 0 Å². The summed E-state index contributed by atoms with van der Waals surface area (Å²) in [5, 5.41) is 6.88. The molecule has 0 saturated heterocycles. The maximum absolute atomic E-state index is 12.7. The van der Waals surface area contributed by atoms with Gasteiger partial charge in [0.15, 0.2) is 0 Å². The van der Waals surface area contributed by atoms with Crippen molar-refractivity contribution < 1.29 is 18.0 Å². The Balaban J connectivity index is 1.38. The predicted octanol–water partition coefficient (Wildman–Crippen LogP) is 7.64. The van der Waals surface area contributed by atoms with Gasteiger partial charge in [-0.15, -0.1) is 0 Å². The number of aromatic amines is 1. The number of hydrogen-bond donors (Lipinski definition) is 3. The molecule has 0 atom stereocenters. The van der Waals surface area contributed by atoms with E-state index in [4.69, 9.17) is 11.6 Å². The standard InChI is InChI=1S/C22H15ClF3N3OS/c23-14-3-10-19-18(11-14)20(12-27-19)29-21(30)28-15-4-8-17(9-5-15)31-16-6-1-13(2-7-16)22(24,25)26/h1-12,27H,(H2,28,29,30). The van der Waals surface area contributed by atoms with Crippen LogP contribution in [0.3, 0.4) is 0 Å². The summed E-state index contributed by atoms with van der Waals surface area (Å²) in [5.74, 6) is 0. The zero-order chi connectivity index (χ0) is 22.0. The first-order valence-electron chi connectivity index (χ1n) is 9.08. The lowest BCUT2D eigenvalue weighted by molar-refractivity contribution is -0.137. The minimum absolute atomic E-state index is 0.413. The Bertz CT molecular complexity index is 1220. The van der Waals surface area contributed by atoms with Gasteiger partial charge in [-0.1, -0.05) is 23.4 Å². The summed E-state index contributed by atoms with van der Waals surface area (Å²) in [7, 11) is 0. The van der Waals surface area contributed by atoms with Crippen molar-refractivity contribution in [1.82, 2.24) is 4.98 Å². The highest BCUT2D eigenvalue weighted by Crippen LogP contribution is 2.33. The van der Waals surface area contributed by atoms with Crippen molar-refractivity contribution in [3.63, 3.8) is 0 Å². The summed E-state index contributed by atoms with van der Waals surface area (Å²) in [5.41, 5.74) is 1.35. The number of carbonyl (C=O) groups is 1. The van der Waals surface area contributed by atoms with Gasteiger partial charge in [0.2, 0.25) is 0 Å². The molecule has 0 fully saturated rings. The Morgan fingerprint density at radius 1 is 0.903 bits per heavy atom. The number of fused-ring (bicyclic) bond motifs is 1. The summed E-state index contributed by atoms with van der Waals surface area (Å²) >= 11 is 7.35. The molecule has 3 N–H and O–H groups in total. The second kappa shape index (κ2) is 8.56. The molecule has 2 amide bonds. The van der Waals surface area contributed by atoms with Crippen LogP contribution in [0.2, 0.25) is 5.02 Å². The van der Waals surface area contributed by atoms with E-state index >= 15 is 0 Å². The highest BCUT2D eigenvalue weighted by Gasteiger charge is 2.29. The molecule has 0 bridgehead atoms. The number of benzene rings is 3. The number of rotatable bonds is 4. The lowest BCUT2D eigenvalue weighted by Crippen LogP contribution is -2.19. The molecule has 0 aliphatic rings. The van der Waals surface area contributed by atoms with Crippen LogP contribution in [0.5, 0.6) is 0 Å². The number of alkyl halides is 3. The lowest BCUT2D eigenvalue weighted by atomic mass is 10.2. The number of amides is 2. The van der Waals surface area contributed by atoms with Crippen molar-refractivity contribution in [1.29, 1.82) is 0 Å². The van der Waals surface area contributed by atoms with E-state index in [9.17, 15) is 18.0 Å². The first kappa shape index (κ1) is 21.1. The van der Waals surface area contributed by atoms with Crippen LogP contribution in [-0.2, 0) is 6.18 Å². The monoisotopic (exact) mass is 461 g/mol. The van der Waals surface area contributed by atoms with Gasteiger partial charge in [-0.05, 0) is 66.7 Å². The molecule has 4 nitrogen and oxygen atoms in total. The van der Waals surface area contributed by atoms with Gasteiger partial charge in [0.05, 0.1) is 11.3 Å². The quantitative estimate of drug-likeness (QED) is 0.292. The summed E-state index contributed by atoms with van der Waals surface area (Å²) in [6, 6.07) is 16.9. The number of carbonyl (C=O) groups excluding carboxylic acids is 1. The molecular weight excluding hydrogens is 447 g/mol. The van der Waals surface area contributed by atoms with Gasteiger partial charge in [-0.3, -0.25) is 0 Å². The number of aromatic nitrogens is 1. The fraction of sp³-hybridized carbons (Fsp3) is 0.0455. The molecule has 9 heteroatoms. The third-order valence-electron chi connectivity index (χ3n) is 4.42. The first-order valence-corrected chi connectivity index (χ1v) is 10.3. The minimum Gasteiger partial charge on any atom is -0.359 e. The predicted molar refractivity (Wildman–Crippen MR) is 118 cm³/mol. The topological polar surface area (TPSA) is 56.9 Å². The van der Waals surface area contributed by atoms with Crippen LogP contribution in [0.15, 0.2) is 82.7 Å². The Morgan fingerprint density at radius 3 is 2.19 bits per heavy atom. The molecule has 4 aromatic rings. The number of urea groups is 1. The van der Waals surface area contributed by atoms with Crippen molar-refractivity contribution in [3.05, 3.63) is 83.5 Å². The van der Waals surface area contributed by atoms with Crippen LogP contribution in [0.4, 0.5) is 29.3 Å². The van der Waals surface area contributed by atoms with Crippen molar-refractivity contribution in [2.24, 2.45) is 0 Å². The highest BCUT2D eigenvalue weighted by atomic mass is 35.5. The van der Waals surface area contributed by atoms with Gasteiger partial charge < -0.3 is 15.6 Å². The molecule has 0 aliphatic heterocycles. The van der Waals surface area contributed by atoms with Gasteiger partial charge in [0.25, 0.3) is 0 Å². The highest BCUT2D eigenvalue weighted by molar-refractivity contribution is 7.99. The zero-order valence-corrected chi connectivity index (χ0v) is 17.3. The van der Waals surface area contributed by atoms with E-state index in [1.165, 1.54) is 23.9 Å². The molecule has 158 valence electrons. The molecule has 1 heterocycles. The van der Waals surface area contributed by atoms with Gasteiger partial charge >= 0.3 is 12.2 Å². The molecular formula is C22H15ClF3N3OS. The van der Waals surface area contributed by atoms with Gasteiger partial charge in [0, 0.05) is 37.6 Å². The molecule has 3 aromatic carbocycles. The van der Waals surface area contributed by atoms with Crippen molar-refractivity contribution in [3.8, 4) is 0 Å². The number of halogens is 4. The molecule has 1 aromatic heterocycles. The minimum atomic E-state index is -4.35. The van der Waals surface area contributed by atoms with Crippen molar-refractivity contribution >= 4 is 51.7 Å². The molecule has 0 unspecified atom stereocenters. The van der Waals surface area contributed by atoms with Gasteiger partial charge in [-0.2, -0.15) is 13.2 Å². The van der Waals surface area contributed by atoms with Crippen LogP contribution < -0.4 is 10.6 Å². The molecule has 0 radical (unpaired) electrons. The number of H-pyrrole nitrogens is 1. The SMILES string of the molecule is O=C(Nc1ccc(Sc2ccc(C(F)(F)F)cc2)cc1)Nc1c[nH]c2ccc(Cl)cc12. The van der Waals surface area contributed by atoms with E-state index in [2.05, 4.69) is 15.6 Å². The molecule has 4 rings (SSSR count). The Morgan fingerprint density at radius 2 is 1.55 bits per heavy atom. The fourth-order valence-electron chi connectivity index (χ4n) is 2.94. The van der Waals surface area contributed by atoms with Gasteiger partial charge in [-0.25, -0.2) is 4.79 Å². The van der Waals surface area contributed by atoms with Crippen LogP contribution >= 0.6 is 23.4 Å². The van der Waals surface area contributed by atoms with Gasteiger partial charge in [0.1, 0.15) is 0 Å². The maximum atomic E-state index is 12.7. The fourth-order valence-corrected chi connectivity index (χ4v) is 3.92. The van der Waals surface area contributed by atoms with Crippen LogP contribution in [-0.4, -0.2) is 11.0 Å². The zero-order valence-electron chi connectivity index (χ0n) is 15.8. The van der Waals surface area contributed by atoms with E-state index in [0.29, 0.717) is 21.3 Å².